The smallest absolute Gasteiger partial charge is 0.243 e. The number of hydrogen-bond donors (Lipinski definition) is 0. The van der Waals surface area contributed by atoms with Gasteiger partial charge >= 0.3 is 0 Å². The quantitative estimate of drug-likeness (QED) is 0.762. The lowest BCUT2D eigenvalue weighted by Crippen LogP contribution is -2.48. The van der Waals surface area contributed by atoms with Crippen LogP contribution in [0.3, 0.4) is 0 Å². The van der Waals surface area contributed by atoms with Crippen LogP contribution in [0.25, 0.3) is 0 Å². The van der Waals surface area contributed by atoms with Gasteiger partial charge in [0.15, 0.2) is 0 Å². The van der Waals surface area contributed by atoms with Crippen LogP contribution in [0, 0.1) is 0 Å². The first-order valence-electron chi connectivity index (χ1n) is 8.39. The van der Waals surface area contributed by atoms with Gasteiger partial charge in [-0.2, -0.15) is 4.31 Å². The summed E-state index contributed by atoms with van der Waals surface area (Å²) < 4.78 is 37.5. The summed E-state index contributed by atoms with van der Waals surface area (Å²) in [5.41, 5.74) is 0.862. The number of benzene rings is 1. The maximum absolute atomic E-state index is 12.8. The summed E-state index contributed by atoms with van der Waals surface area (Å²) in [6, 6.07) is 10.2. The standard InChI is InChI=1S/C18H23N3O4S/c1-24-15-5-7-16(8-6-15)26(22,23)21-12-10-20(11-13-21)14-17-18(25-2)4-3-9-19-17/h3-9H,10-14H2,1-2H3. The molecule has 0 N–H and O–H groups in total. The van der Waals surface area contributed by atoms with Crippen LogP contribution in [0.5, 0.6) is 11.5 Å². The van der Waals surface area contributed by atoms with Gasteiger partial charge in [0.1, 0.15) is 11.5 Å². The molecule has 0 radical (unpaired) electrons. The molecular weight excluding hydrogens is 354 g/mol. The van der Waals surface area contributed by atoms with E-state index in [1.807, 2.05) is 12.1 Å². The summed E-state index contributed by atoms with van der Waals surface area (Å²) in [4.78, 5) is 6.84. The number of nitrogens with zero attached hydrogens (tertiary/aromatic N) is 3. The fraction of sp³-hybridized carbons (Fsp3) is 0.389. The van der Waals surface area contributed by atoms with Gasteiger partial charge in [0, 0.05) is 38.9 Å². The molecule has 1 aliphatic rings. The monoisotopic (exact) mass is 377 g/mol. The average molecular weight is 377 g/mol. The van der Waals surface area contributed by atoms with Crippen molar-refractivity contribution in [1.29, 1.82) is 0 Å². The van der Waals surface area contributed by atoms with Crippen molar-refractivity contribution in [2.75, 3.05) is 40.4 Å². The van der Waals surface area contributed by atoms with Gasteiger partial charge in [-0.05, 0) is 36.4 Å². The number of ether oxygens (including phenoxy) is 2. The second-order valence-corrected chi connectivity index (χ2v) is 7.95. The molecule has 1 fully saturated rings. The molecule has 1 aliphatic heterocycles. The molecule has 0 saturated carbocycles. The molecule has 0 unspecified atom stereocenters. The highest BCUT2D eigenvalue weighted by molar-refractivity contribution is 7.89. The molecule has 0 atom stereocenters. The van der Waals surface area contributed by atoms with Gasteiger partial charge in [0.25, 0.3) is 0 Å². The van der Waals surface area contributed by atoms with E-state index in [4.69, 9.17) is 9.47 Å². The average Bonchev–Trinajstić information content (AvgIpc) is 2.69. The van der Waals surface area contributed by atoms with Crippen LogP contribution < -0.4 is 9.47 Å². The highest BCUT2D eigenvalue weighted by Crippen LogP contribution is 2.22. The van der Waals surface area contributed by atoms with Crippen molar-refractivity contribution in [2.24, 2.45) is 0 Å². The van der Waals surface area contributed by atoms with Gasteiger partial charge in [-0.3, -0.25) is 9.88 Å². The molecule has 2 heterocycles. The maximum Gasteiger partial charge on any atom is 0.243 e. The van der Waals surface area contributed by atoms with E-state index in [1.54, 1.807) is 44.7 Å². The Kier molecular flexibility index (Phi) is 5.75. The first-order valence-corrected chi connectivity index (χ1v) is 9.83. The number of methoxy groups -OCH3 is 2. The summed E-state index contributed by atoms with van der Waals surface area (Å²) >= 11 is 0. The lowest BCUT2D eigenvalue weighted by atomic mass is 10.2. The van der Waals surface area contributed by atoms with E-state index in [9.17, 15) is 8.42 Å². The fourth-order valence-electron chi connectivity index (χ4n) is 2.96. The van der Waals surface area contributed by atoms with Crippen LogP contribution in [-0.2, 0) is 16.6 Å². The van der Waals surface area contributed by atoms with Crippen LogP contribution in [0.2, 0.25) is 0 Å². The lowest BCUT2D eigenvalue weighted by Gasteiger charge is -2.33. The first-order chi connectivity index (χ1) is 12.5. The van der Waals surface area contributed by atoms with E-state index in [0.717, 1.165) is 11.4 Å². The Morgan fingerprint density at radius 2 is 1.69 bits per heavy atom. The van der Waals surface area contributed by atoms with Crippen molar-refractivity contribution in [1.82, 2.24) is 14.2 Å². The Labute approximate surface area is 154 Å². The summed E-state index contributed by atoms with van der Waals surface area (Å²) in [5, 5.41) is 0. The molecule has 0 bridgehead atoms. The van der Waals surface area contributed by atoms with E-state index in [-0.39, 0.29) is 4.90 Å². The molecule has 1 aromatic carbocycles. The molecule has 1 aromatic heterocycles. The van der Waals surface area contributed by atoms with Gasteiger partial charge in [-0.1, -0.05) is 0 Å². The van der Waals surface area contributed by atoms with Gasteiger partial charge in [0.2, 0.25) is 10.0 Å². The minimum absolute atomic E-state index is 0.290. The van der Waals surface area contributed by atoms with Crippen LogP contribution in [0.15, 0.2) is 47.5 Å². The predicted molar refractivity (Wildman–Crippen MR) is 97.8 cm³/mol. The molecule has 140 valence electrons. The minimum atomic E-state index is -3.49. The predicted octanol–water partition coefficient (Wildman–Crippen LogP) is 1.61. The molecule has 7 nitrogen and oxygen atoms in total. The van der Waals surface area contributed by atoms with E-state index in [0.29, 0.717) is 38.5 Å². The normalized spacial score (nSPS) is 16.4. The third-order valence-corrected chi connectivity index (χ3v) is 6.38. The Balaban J connectivity index is 1.64. The Hall–Kier alpha value is -2.16. The maximum atomic E-state index is 12.8. The Morgan fingerprint density at radius 1 is 1.00 bits per heavy atom. The zero-order valence-corrected chi connectivity index (χ0v) is 15.8. The molecule has 0 spiro atoms. The highest BCUT2D eigenvalue weighted by atomic mass is 32.2. The second kappa shape index (κ2) is 8.03. The van der Waals surface area contributed by atoms with E-state index in [1.165, 1.54) is 4.31 Å². The Morgan fingerprint density at radius 3 is 2.31 bits per heavy atom. The summed E-state index contributed by atoms with van der Waals surface area (Å²) in [7, 11) is -0.306. The zero-order valence-electron chi connectivity index (χ0n) is 15.0. The number of hydrogen-bond acceptors (Lipinski definition) is 6. The Bertz CT molecular complexity index is 832. The number of pyridine rings is 1. The van der Waals surface area contributed by atoms with Gasteiger partial charge in [-0.25, -0.2) is 8.42 Å². The van der Waals surface area contributed by atoms with Crippen molar-refractivity contribution in [3.63, 3.8) is 0 Å². The van der Waals surface area contributed by atoms with E-state index >= 15 is 0 Å². The van der Waals surface area contributed by atoms with E-state index in [2.05, 4.69) is 9.88 Å². The van der Waals surface area contributed by atoms with Crippen LogP contribution in [-0.4, -0.2) is 63.0 Å². The van der Waals surface area contributed by atoms with Crippen LogP contribution >= 0.6 is 0 Å². The molecule has 8 heteroatoms. The van der Waals surface area contributed by atoms with Crippen molar-refractivity contribution in [3.8, 4) is 11.5 Å². The summed E-state index contributed by atoms with van der Waals surface area (Å²) in [5.74, 6) is 1.39. The number of rotatable bonds is 6. The number of aromatic nitrogens is 1. The van der Waals surface area contributed by atoms with Crippen molar-refractivity contribution >= 4 is 10.0 Å². The number of piperazine rings is 1. The van der Waals surface area contributed by atoms with Gasteiger partial charge < -0.3 is 9.47 Å². The molecule has 3 rings (SSSR count). The fourth-order valence-corrected chi connectivity index (χ4v) is 4.39. The van der Waals surface area contributed by atoms with Gasteiger partial charge in [-0.15, -0.1) is 0 Å². The molecular formula is C18H23N3O4S. The largest absolute Gasteiger partial charge is 0.497 e. The molecule has 2 aromatic rings. The van der Waals surface area contributed by atoms with Crippen LogP contribution in [0.1, 0.15) is 5.69 Å². The van der Waals surface area contributed by atoms with Crippen molar-refractivity contribution in [3.05, 3.63) is 48.3 Å². The SMILES string of the molecule is COc1ccc(S(=O)(=O)N2CCN(Cc3ncccc3OC)CC2)cc1. The summed E-state index contributed by atoms with van der Waals surface area (Å²) in [6.45, 7) is 2.83. The number of sulfonamides is 1. The molecule has 26 heavy (non-hydrogen) atoms. The highest BCUT2D eigenvalue weighted by Gasteiger charge is 2.28. The zero-order chi connectivity index (χ0) is 18.6. The lowest BCUT2D eigenvalue weighted by molar-refractivity contribution is 0.178. The second-order valence-electron chi connectivity index (χ2n) is 6.01. The third-order valence-electron chi connectivity index (χ3n) is 4.47. The minimum Gasteiger partial charge on any atom is -0.497 e. The molecule has 0 aliphatic carbocycles. The van der Waals surface area contributed by atoms with E-state index < -0.39 is 10.0 Å². The first kappa shape index (κ1) is 18.6. The van der Waals surface area contributed by atoms with Gasteiger partial charge in [0.05, 0.1) is 24.8 Å². The van der Waals surface area contributed by atoms with Crippen molar-refractivity contribution in [2.45, 2.75) is 11.4 Å². The van der Waals surface area contributed by atoms with Crippen LogP contribution in [0.4, 0.5) is 0 Å². The topological polar surface area (TPSA) is 72.0 Å². The molecule has 0 amide bonds. The third kappa shape index (κ3) is 3.98. The summed E-state index contributed by atoms with van der Waals surface area (Å²) in [6.07, 6.45) is 1.74. The molecule has 1 saturated heterocycles. The van der Waals surface area contributed by atoms with Crippen molar-refractivity contribution < 1.29 is 17.9 Å².